The summed E-state index contributed by atoms with van der Waals surface area (Å²) in [5, 5.41) is 14.9. The first-order valence-electron chi connectivity index (χ1n) is 8.32. The van der Waals surface area contributed by atoms with E-state index in [9.17, 15) is 9.90 Å². The van der Waals surface area contributed by atoms with Crippen molar-refractivity contribution in [1.29, 1.82) is 0 Å². The molecule has 0 saturated carbocycles. The van der Waals surface area contributed by atoms with Crippen molar-refractivity contribution in [2.45, 2.75) is 18.4 Å². The third kappa shape index (κ3) is 4.78. The summed E-state index contributed by atoms with van der Waals surface area (Å²) in [5.41, 5.74) is 2.23. The van der Waals surface area contributed by atoms with Crippen molar-refractivity contribution >= 4 is 17.2 Å². The highest BCUT2D eigenvalue weighted by atomic mass is 32.1. The molecule has 1 atom stereocenters. The van der Waals surface area contributed by atoms with Gasteiger partial charge in [0.25, 0.3) is 0 Å². The summed E-state index contributed by atoms with van der Waals surface area (Å²) in [6, 6.07) is 23.9. The van der Waals surface area contributed by atoms with Gasteiger partial charge in [0.1, 0.15) is 6.10 Å². The van der Waals surface area contributed by atoms with E-state index in [0.717, 1.165) is 16.0 Å². The number of hydrogen-bond donors (Lipinski definition) is 2. The maximum Gasteiger partial charge on any atom is 0.221 e. The van der Waals surface area contributed by atoms with E-state index >= 15 is 0 Å². The molecule has 128 valence electrons. The number of aliphatic hydroxyl groups excluding tert-OH is 1. The van der Waals surface area contributed by atoms with Crippen LogP contribution in [-0.4, -0.2) is 17.6 Å². The van der Waals surface area contributed by atoms with Gasteiger partial charge in [0.2, 0.25) is 5.91 Å². The van der Waals surface area contributed by atoms with Gasteiger partial charge in [-0.1, -0.05) is 66.7 Å². The first kappa shape index (κ1) is 17.4. The van der Waals surface area contributed by atoms with E-state index in [-0.39, 0.29) is 18.4 Å². The number of carbonyl (C=O) groups is 1. The van der Waals surface area contributed by atoms with Crippen LogP contribution in [0.15, 0.2) is 78.2 Å². The lowest BCUT2D eigenvalue weighted by molar-refractivity contribution is -0.121. The zero-order valence-electron chi connectivity index (χ0n) is 13.8. The highest BCUT2D eigenvalue weighted by molar-refractivity contribution is 7.10. The first-order valence-corrected chi connectivity index (χ1v) is 9.20. The van der Waals surface area contributed by atoms with Gasteiger partial charge in [0.15, 0.2) is 0 Å². The molecule has 0 aliphatic rings. The lowest BCUT2D eigenvalue weighted by atomic mass is 9.88. The van der Waals surface area contributed by atoms with E-state index in [1.807, 2.05) is 78.2 Å². The van der Waals surface area contributed by atoms with E-state index in [1.165, 1.54) is 11.3 Å². The van der Waals surface area contributed by atoms with Crippen molar-refractivity contribution in [3.8, 4) is 0 Å². The molecule has 0 radical (unpaired) electrons. The molecule has 2 N–H and O–H groups in total. The lowest BCUT2D eigenvalue weighted by Gasteiger charge is -2.18. The van der Waals surface area contributed by atoms with E-state index in [0.29, 0.717) is 6.42 Å². The molecule has 0 saturated heterocycles. The Balaban J connectivity index is 1.67. The highest BCUT2D eigenvalue weighted by Crippen LogP contribution is 2.27. The zero-order chi connectivity index (χ0) is 17.5. The Bertz CT molecular complexity index is 733. The summed E-state index contributed by atoms with van der Waals surface area (Å²) in [6.45, 7) is 0.232. The molecule has 4 heteroatoms. The van der Waals surface area contributed by atoms with Crippen molar-refractivity contribution in [2.24, 2.45) is 0 Å². The summed E-state index contributed by atoms with van der Waals surface area (Å²) in [4.78, 5) is 13.3. The molecule has 25 heavy (non-hydrogen) atoms. The van der Waals surface area contributed by atoms with Crippen LogP contribution in [0, 0.1) is 0 Å². The highest BCUT2D eigenvalue weighted by Gasteiger charge is 2.19. The minimum atomic E-state index is -0.657. The molecule has 0 aliphatic carbocycles. The van der Waals surface area contributed by atoms with Gasteiger partial charge in [-0.15, -0.1) is 11.3 Å². The number of benzene rings is 2. The molecule has 0 aliphatic heterocycles. The largest absolute Gasteiger partial charge is 0.386 e. The van der Waals surface area contributed by atoms with Crippen molar-refractivity contribution in [1.82, 2.24) is 5.32 Å². The Hall–Kier alpha value is -2.43. The first-order chi connectivity index (χ1) is 12.2. The van der Waals surface area contributed by atoms with Crippen molar-refractivity contribution < 1.29 is 9.90 Å². The van der Waals surface area contributed by atoms with Crippen LogP contribution in [0.2, 0.25) is 0 Å². The van der Waals surface area contributed by atoms with Crippen molar-refractivity contribution in [2.75, 3.05) is 6.54 Å². The zero-order valence-corrected chi connectivity index (χ0v) is 14.7. The summed E-state index contributed by atoms with van der Waals surface area (Å²) in [7, 11) is 0. The maximum atomic E-state index is 12.5. The molecule has 3 aromatic rings. The Morgan fingerprint density at radius 2 is 1.52 bits per heavy atom. The van der Waals surface area contributed by atoms with E-state index in [2.05, 4.69) is 5.32 Å². The molecule has 1 amide bonds. The SMILES string of the molecule is O=C(CC(c1ccccc1)c1ccccc1)NC[C@@H](O)c1cccs1. The predicted octanol–water partition coefficient (Wildman–Crippen LogP) is 4.12. The van der Waals surface area contributed by atoms with Gasteiger partial charge in [-0.05, 0) is 22.6 Å². The molecule has 0 unspecified atom stereocenters. The van der Waals surface area contributed by atoms with Gasteiger partial charge in [-0.2, -0.15) is 0 Å². The summed E-state index contributed by atoms with van der Waals surface area (Å²) in [6.07, 6.45) is -0.304. The van der Waals surface area contributed by atoms with Gasteiger partial charge in [-0.25, -0.2) is 0 Å². The van der Waals surface area contributed by atoms with E-state index in [1.54, 1.807) is 0 Å². The fourth-order valence-electron chi connectivity index (χ4n) is 2.85. The van der Waals surface area contributed by atoms with Gasteiger partial charge < -0.3 is 10.4 Å². The average Bonchev–Trinajstić information content (AvgIpc) is 3.20. The number of hydrogen-bond acceptors (Lipinski definition) is 3. The number of nitrogens with one attached hydrogen (secondary N) is 1. The van der Waals surface area contributed by atoms with Gasteiger partial charge in [0.05, 0.1) is 0 Å². The fraction of sp³-hybridized carbons (Fsp3) is 0.190. The molecule has 3 rings (SSSR count). The number of rotatable bonds is 7. The third-order valence-corrected chi connectivity index (χ3v) is 5.13. The van der Waals surface area contributed by atoms with Crippen molar-refractivity contribution in [3.63, 3.8) is 0 Å². The minimum absolute atomic E-state index is 0.00119. The molecule has 0 spiro atoms. The van der Waals surface area contributed by atoms with Crippen LogP contribution < -0.4 is 5.32 Å². The standard InChI is InChI=1S/C21H21NO2S/c23-19(20-12-7-13-25-20)15-22-21(24)14-18(16-8-3-1-4-9-16)17-10-5-2-6-11-17/h1-13,18-19,23H,14-15H2,(H,22,24)/t19-/m1/s1. The summed E-state index contributed by atoms with van der Waals surface area (Å²) < 4.78 is 0. The molecular formula is C21H21NO2S. The average molecular weight is 351 g/mol. The Morgan fingerprint density at radius 3 is 2.04 bits per heavy atom. The Morgan fingerprint density at radius 1 is 0.920 bits per heavy atom. The van der Waals surface area contributed by atoms with E-state index in [4.69, 9.17) is 0 Å². The summed E-state index contributed by atoms with van der Waals surface area (Å²) in [5.74, 6) is -0.0606. The van der Waals surface area contributed by atoms with Crippen LogP contribution in [0.3, 0.4) is 0 Å². The Kier molecular flexibility index (Phi) is 5.99. The smallest absolute Gasteiger partial charge is 0.221 e. The monoisotopic (exact) mass is 351 g/mol. The second-order valence-electron chi connectivity index (χ2n) is 5.91. The molecule has 0 bridgehead atoms. The van der Waals surface area contributed by atoms with Crippen LogP contribution in [0.4, 0.5) is 0 Å². The van der Waals surface area contributed by atoms with Crippen LogP contribution in [0.1, 0.15) is 34.4 Å². The topological polar surface area (TPSA) is 49.3 Å². The Labute approximate surface area is 152 Å². The van der Waals surface area contributed by atoms with Crippen molar-refractivity contribution in [3.05, 3.63) is 94.2 Å². The van der Waals surface area contributed by atoms with E-state index < -0.39 is 6.10 Å². The van der Waals surface area contributed by atoms with Crippen LogP contribution in [0.5, 0.6) is 0 Å². The van der Waals surface area contributed by atoms with Crippen LogP contribution in [-0.2, 0) is 4.79 Å². The van der Waals surface area contributed by atoms with Gasteiger partial charge in [-0.3, -0.25) is 4.79 Å². The molecule has 0 fully saturated rings. The predicted molar refractivity (Wildman–Crippen MR) is 102 cm³/mol. The molecular weight excluding hydrogens is 330 g/mol. The van der Waals surface area contributed by atoms with Crippen LogP contribution >= 0.6 is 11.3 Å². The maximum absolute atomic E-state index is 12.5. The second-order valence-corrected chi connectivity index (χ2v) is 6.89. The quantitative estimate of drug-likeness (QED) is 0.673. The number of aliphatic hydroxyl groups is 1. The fourth-order valence-corrected chi connectivity index (χ4v) is 3.56. The molecule has 1 heterocycles. The lowest BCUT2D eigenvalue weighted by Crippen LogP contribution is -2.29. The number of amides is 1. The second kappa shape index (κ2) is 8.60. The number of thiophene rings is 1. The summed E-state index contributed by atoms with van der Waals surface area (Å²) >= 11 is 1.49. The molecule has 3 nitrogen and oxygen atoms in total. The third-order valence-electron chi connectivity index (χ3n) is 4.16. The molecule has 2 aromatic carbocycles. The van der Waals surface area contributed by atoms with Gasteiger partial charge >= 0.3 is 0 Å². The minimum Gasteiger partial charge on any atom is -0.386 e. The normalized spacial score (nSPS) is 12.1. The van der Waals surface area contributed by atoms with Crippen LogP contribution in [0.25, 0.3) is 0 Å². The van der Waals surface area contributed by atoms with Gasteiger partial charge in [0, 0.05) is 23.8 Å². The molecule has 1 aromatic heterocycles. The number of carbonyl (C=O) groups excluding carboxylic acids is 1.